The van der Waals surface area contributed by atoms with Crippen molar-refractivity contribution >= 4 is 0 Å². The Morgan fingerprint density at radius 2 is 2.07 bits per heavy atom. The Morgan fingerprint density at radius 3 is 2.67 bits per heavy atom. The predicted octanol–water partition coefficient (Wildman–Crippen LogP) is 3.24. The molecule has 0 heterocycles. The molecule has 0 saturated heterocycles. The van der Waals surface area contributed by atoms with E-state index in [0.29, 0.717) is 5.92 Å². The summed E-state index contributed by atoms with van der Waals surface area (Å²) in [6, 6.07) is 11.3. The normalized spacial score (nSPS) is 22.3. The van der Waals surface area contributed by atoms with Crippen LogP contribution in [0.4, 0.5) is 0 Å². The lowest BCUT2D eigenvalue weighted by molar-refractivity contribution is 0.224. The zero-order valence-electron chi connectivity index (χ0n) is 9.50. The van der Waals surface area contributed by atoms with Crippen LogP contribution in [0.2, 0.25) is 0 Å². The summed E-state index contributed by atoms with van der Waals surface area (Å²) in [7, 11) is 0. The Labute approximate surface area is 92.7 Å². The van der Waals surface area contributed by atoms with Crippen LogP contribution in [0.15, 0.2) is 24.3 Å². The van der Waals surface area contributed by atoms with Crippen LogP contribution in [-0.4, -0.2) is 0 Å². The van der Waals surface area contributed by atoms with E-state index in [1.165, 1.54) is 37.7 Å². The summed E-state index contributed by atoms with van der Waals surface area (Å²) in [5.74, 6) is 0.641. The molecular weight excluding hydrogens is 182 g/mol. The van der Waals surface area contributed by atoms with Crippen molar-refractivity contribution in [2.75, 3.05) is 0 Å². The highest BCUT2D eigenvalue weighted by Gasteiger charge is 2.32. The largest absolute Gasteiger partial charge is 0.321 e. The first-order valence-corrected chi connectivity index (χ1v) is 5.97. The van der Waals surface area contributed by atoms with E-state index in [2.05, 4.69) is 19.1 Å². The maximum atomic E-state index is 6.49. The minimum atomic E-state index is -0.168. The molecule has 1 aliphatic rings. The maximum Gasteiger partial charge on any atom is 0.0409 e. The van der Waals surface area contributed by atoms with Gasteiger partial charge in [-0.1, -0.05) is 37.5 Å². The number of hydrogen-bond donors (Lipinski definition) is 1. The van der Waals surface area contributed by atoms with E-state index in [1.807, 2.05) is 18.2 Å². The quantitative estimate of drug-likeness (QED) is 0.782. The fourth-order valence-electron chi connectivity index (χ4n) is 2.67. The molecule has 0 bridgehead atoms. The van der Waals surface area contributed by atoms with Crippen molar-refractivity contribution in [3.63, 3.8) is 0 Å². The van der Waals surface area contributed by atoms with Gasteiger partial charge in [0, 0.05) is 5.54 Å². The molecule has 0 aliphatic heterocycles. The van der Waals surface area contributed by atoms with Gasteiger partial charge in [0.1, 0.15) is 0 Å². The summed E-state index contributed by atoms with van der Waals surface area (Å²) in [6.07, 6.45) is 6.62. The number of benzene rings is 1. The molecule has 1 unspecified atom stereocenters. The Hall–Kier alpha value is -0.820. The summed E-state index contributed by atoms with van der Waals surface area (Å²) < 4.78 is 0. The van der Waals surface area contributed by atoms with Crippen molar-refractivity contribution in [1.82, 2.24) is 0 Å². The molecule has 0 spiro atoms. The number of hydrogen-bond acceptors (Lipinski definition) is 1. The molecule has 2 N–H and O–H groups in total. The van der Waals surface area contributed by atoms with Gasteiger partial charge in [-0.2, -0.15) is 0 Å². The van der Waals surface area contributed by atoms with Gasteiger partial charge in [-0.05, 0) is 43.4 Å². The fourth-order valence-corrected chi connectivity index (χ4v) is 2.67. The highest BCUT2D eigenvalue weighted by molar-refractivity contribution is 5.23. The van der Waals surface area contributed by atoms with Gasteiger partial charge in [0.25, 0.3) is 0 Å². The minimum absolute atomic E-state index is 0.168. The van der Waals surface area contributed by atoms with Crippen LogP contribution in [0.25, 0.3) is 0 Å². The molecule has 2 rings (SSSR count). The molecule has 0 aromatic heterocycles. The SMILES string of the molecule is CC(N)(c1c[c]ccc1)C1CCCCC1. The third kappa shape index (κ3) is 2.23. The number of nitrogens with two attached hydrogens (primary N) is 1. The molecule has 1 fully saturated rings. The van der Waals surface area contributed by atoms with Gasteiger partial charge in [-0.15, -0.1) is 0 Å². The average Bonchev–Trinajstić information content (AvgIpc) is 2.31. The van der Waals surface area contributed by atoms with Gasteiger partial charge in [0.05, 0.1) is 0 Å². The zero-order valence-corrected chi connectivity index (χ0v) is 9.50. The van der Waals surface area contributed by atoms with Crippen molar-refractivity contribution in [3.8, 4) is 0 Å². The van der Waals surface area contributed by atoms with E-state index in [-0.39, 0.29) is 5.54 Å². The van der Waals surface area contributed by atoms with E-state index in [9.17, 15) is 0 Å². The lowest BCUT2D eigenvalue weighted by Crippen LogP contribution is -2.42. The van der Waals surface area contributed by atoms with E-state index in [0.717, 1.165) is 0 Å². The third-order valence-corrected chi connectivity index (χ3v) is 3.78. The maximum absolute atomic E-state index is 6.49. The third-order valence-electron chi connectivity index (χ3n) is 3.78. The molecule has 15 heavy (non-hydrogen) atoms. The standard InChI is InChI=1S/C14H20N/c1-14(15,12-8-4-2-5-9-12)13-10-6-3-7-11-13/h2,4,8-9,13H,3,6-7,10-11,15H2,1H3. The number of rotatable bonds is 2. The lowest BCUT2D eigenvalue weighted by atomic mass is 9.73. The summed E-state index contributed by atoms with van der Waals surface area (Å²) in [5, 5.41) is 0. The molecule has 1 nitrogen and oxygen atoms in total. The van der Waals surface area contributed by atoms with Crippen molar-refractivity contribution in [3.05, 3.63) is 35.9 Å². The van der Waals surface area contributed by atoms with E-state index in [1.54, 1.807) is 0 Å². The Morgan fingerprint density at radius 1 is 1.33 bits per heavy atom. The first kappa shape index (κ1) is 10.7. The van der Waals surface area contributed by atoms with Crippen LogP contribution >= 0.6 is 0 Å². The molecule has 1 aromatic carbocycles. The Bertz CT molecular complexity index is 296. The van der Waals surface area contributed by atoms with Crippen LogP contribution in [0, 0.1) is 12.0 Å². The minimum Gasteiger partial charge on any atom is -0.321 e. The fraction of sp³-hybridized carbons (Fsp3) is 0.571. The van der Waals surface area contributed by atoms with E-state index in [4.69, 9.17) is 5.73 Å². The lowest BCUT2D eigenvalue weighted by Gasteiger charge is -2.37. The molecule has 1 aromatic rings. The van der Waals surface area contributed by atoms with Crippen LogP contribution in [0.5, 0.6) is 0 Å². The molecule has 0 amide bonds. The molecule has 1 atom stereocenters. The molecular formula is C14H20N. The van der Waals surface area contributed by atoms with Gasteiger partial charge in [0.2, 0.25) is 0 Å². The van der Waals surface area contributed by atoms with Gasteiger partial charge >= 0.3 is 0 Å². The second-order valence-electron chi connectivity index (χ2n) is 4.91. The molecule has 1 aliphatic carbocycles. The van der Waals surface area contributed by atoms with E-state index < -0.39 is 0 Å². The van der Waals surface area contributed by atoms with Crippen molar-refractivity contribution in [2.24, 2.45) is 11.7 Å². The van der Waals surface area contributed by atoms with Crippen LogP contribution in [0.3, 0.4) is 0 Å². The average molecular weight is 202 g/mol. The summed E-state index contributed by atoms with van der Waals surface area (Å²) in [5.41, 5.74) is 7.56. The summed E-state index contributed by atoms with van der Waals surface area (Å²) in [6.45, 7) is 2.17. The first-order chi connectivity index (χ1) is 7.21. The van der Waals surface area contributed by atoms with Gasteiger partial charge in [-0.3, -0.25) is 0 Å². The van der Waals surface area contributed by atoms with Gasteiger partial charge < -0.3 is 5.73 Å². The highest BCUT2D eigenvalue weighted by atomic mass is 14.7. The molecule has 1 radical (unpaired) electrons. The highest BCUT2D eigenvalue weighted by Crippen LogP contribution is 2.36. The zero-order chi connectivity index (χ0) is 10.7. The Kier molecular flexibility index (Phi) is 3.11. The monoisotopic (exact) mass is 202 g/mol. The topological polar surface area (TPSA) is 26.0 Å². The smallest absolute Gasteiger partial charge is 0.0409 e. The second-order valence-corrected chi connectivity index (χ2v) is 4.91. The van der Waals surface area contributed by atoms with Crippen LogP contribution in [0.1, 0.15) is 44.6 Å². The van der Waals surface area contributed by atoms with E-state index >= 15 is 0 Å². The summed E-state index contributed by atoms with van der Waals surface area (Å²) >= 11 is 0. The molecule has 1 heteroatoms. The van der Waals surface area contributed by atoms with Gasteiger partial charge in [0.15, 0.2) is 0 Å². The molecule has 1 saturated carbocycles. The Balaban J connectivity index is 2.18. The van der Waals surface area contributed by atoms with Gasteiger partial charge in [-0.25, -0.2) is 0 Å². The predicted molar refractivity (Wildman–Crippen MR) is 63.4 cm³/mol. The van der Waals surface area contributed by atoms with Crippen molar-refractivity contribution < 1.29 is 0 Å². The summed E-state index contributed by atoms with van der Waals surface area (Å²) in [4.78, 5) is 0. The van der Waals surface area contributed by atoms with Crippen LogP contribution < -0.4 is 5.73 Å². The first-order valence-electron chi connectivity index (χ1n) is 5.97. The van der Waals surface area contributed by atoms with Crippen molar-refractivity contribution in [1.29, 1.82) is 0 Å². The second kappa shape index (κ2) is 4.36. The van der Waals surface area contributed by atoms with Crippen molar-refractivity contribution in [2.45, 2.75) is 44.6 Å². The van der Waals surface area contributed by atoms with Crippen LogP contribution in [-0.2, 0) is 5.54 Å². The molecule has 81 valence electrons.